The average Bonchev–Trinajstić information content (AvgIpc) is 1.88. The van der Waals surface area contributed by atoms with Gasteiger partial charge in [-0.2, -0.15) is 0 Å². The molecule has 0 heterocycles. The number of allylic oxidation sites excluding steroid dienone is 1. The smallest absolute Gasteiger partial charge is 0.246 e. The Bertz CT molecular complexity index is 218. The number of nitrogens with one attached hydrogen (secondary N) is 1. The maximum absolute atomic E-state index is 10.7. The molecule has 0 fully saturated rings. The first kappa shape index (κ1) is 9.84. The predicted molar refractivity (Wildman–Crippen MR) is 44.3 cm³/mol. The van der Waals surface area contributed by atoms with E-state index in [4.69, 9.17) is 16.9 Å². The van der Waals surface area contributed by atoms with Crippen molar-refractivity contribution in [1.29, 1.82) is 5.41 Å². The Morgan fingerprint density at radius 2 is 1.91 bits per heavy atom. The molecule has 0 atom stereocenters. The van der Waals surface area contributed by atoms with Gasteiger partial charge in [0, 0.05) is 17.8 Å². The minimum absolute atomic E-state index is 0.0946. The minimum Gasteiger partial charge on any atom is -0.366 e. The number of amides is 1. The zero-order valence-electron chi connectivity index (χ0n) is 6.77. The van der Waals surface area contributed by atoms with E-state index in [0.717, 1.165) is 0 Å². The summed E-state index contributed by atoms with van der Waals surface area (Å²) in [7, 11) is 0. The fourth-order valence-electron chi connectivity index (χ4n) is 0.665. The Balaban J connectivity index is 4.83. The lowest BCUT2D eigenvalue weighted by Crippen LogP contribution is -2.23. The van der Waals surface area contributed by atoms with Gasteiger partial charge in [0.15, 0.2) is 0 Å². The van der Waals surface area contributed by atoms with Crippen LogP contribution in [0.3, 0.4) is 0 Å². The highest BCUT2D eigenvalue weighted by Crippen LogP contribution is 2.02. The Labute approximate surface area is 65.8 Å². The maximum Gasteiger partial charge on any atom is 0.246 e. The molecule has 5 N–H and O–H groups in total. The van der Waals surface area contributed by atoms with Crippen LogP contribution in [-0.4, -0.2) is 18.2 Å². The van der Waals surface area contributed by atoms with Crippen molar-refractivity contribution in [3.63, 3.8) is 0 Å². The lowest BCUT2D eigenvalue weighted by molar-refractivity contribution is -0.114. The summed E-state index contributed by atoms with van der Waals surface area (Å²) in [5.74, 6) is -0.545. The summed E-state index contributed by atoms with van der Waals surface area (Å²) < 4.78 is 0. The summed E-state index contributed by atoms with van der Waals surface area (Å²) in [5.41, 5.74) is 11.5. The van der Waals surface area contributed by atoms with Crippen molar-refractivity contribution in [2.75, 3.05) is 6.54 Å². The van der Waals surface area contributed by atoms with E-state index in [1.54, 1.807) is 13.8 Å². The van der Waals surface area contributed by atoms with Crippen LogP contribution in [0, 0.1) is 5.41 Å². The van der Waals surface area contributed by atoms with Crippen LogP contribution in [0.2, 0.25) is 0 Å². The largest absolute Gasteiger partial charge is 0.366 e. The topological polar surface area (TPSA) is 93.0 Å². The molecule has 0 aromatic rings. The van der Waals surface area contributed by atoms with Gasteiger partial charge in [0.05, 0.1) is 0 Å². The molecule has 4 heteroatoms. The second-order valence-electron chi connectivity index (χ2n) is 2.30. The maximum atomic E-state index is 10.7. The highest BCUT2D eigenvalue weighted by atomic mass is 16.1. The van der Waals surface area contributed by atoms with Gasteiger partial charge in [0.25, 0.3) is 0 Å². The Hall–Kier alpha value is -1.16. The first-order valence-corrected chi connectivity index (χ1v) is 3.25. The molecular formula is C7H13N3O. The number of carbonyl (C=O) groups excluding carboxylic acids is 1. The van der Waals surface area contributed by atoms with Gasteiger partial charge in [0.2, 0.25) is 5.91 Å². The summed E-state index contributed by atoms with van der Waals surface area (Å²) in [6.45, 7) is 3.35. The second-order valence-corrected chi connectivity index (χ2v) is 2.30. The molecule has 0 bridgehead atoms. The monoisotopic (exact) mass is 155 g/mol. The number of primary amides is 1. The van der Waals surface area contributed by atoms with E-state index in [-0.39, 0.29) is 6.54 Å². The molecule has 1 amide bonds. The summed E-state index contributed by atoms with van der Waals surface area (Å²) in [6, 6.07) is 0. The molecule has 0 spiro atoms. The Morgan fingerprint density at radius 3 is 2.00 bits per heavy atom. The highest BCUT2D eigenvalue weighted by molar-refractivity contribution is 6.05. The van der Waals surface area contributed by atoms with E-state index in [1.807, 2.05) is 0 Å². The van der Waals surface area contributed by atoms with Gasteiger partial charge in [0.1, 0.15) is 0 Å². The second kappa shape index (κ2) is 3.88. The van der Waals surface area contributed by atoms with E-state index in [0.29, 0.717) is 16.9 Å². The van der Waals surface area contributed by atoms with Crippen LogP contribution in [-0.2, 0) is 4.79 Å². The molecule has 0 aliphatic heterocycles. The van der Waals surface area contributed by atoms with E-state index >= 15 is 0 Å². The normalized spacial score (nSPS) is 12.3. The van der Waals surface area contributed by atoms with E-state index in [2.05, 4.69) is 0 Å². The Kier molecular flexibility index (Phi) is 3.47. The lowest BCUT2D eigenvalue weighted by atomic mass is 10.1. The summed E-state index contributed by atoms with van der Waals surface area (Å²) in [5, 5.41) is 7.21. The van der Waals surface area contributed by atoms with Gasteiger partial charge in [-0.15, -0.1) is 0 Å². The fourth-order valence-corrected chi connectivity index (χ4v) is 0.665. The molecule has 0 rings (SSSR count). The molecule has 0 saturated carbocycles. The van der Waals surface area contributed by atoms with Crippen molar-refractivity contribution >= 4 is 11.6 Å². The van der Waals surface area contributed by atoms with Gasteiger partial charge < -0.3 is 16.9 Å². The van der Waals surface area contributed by atoms with Crippen LogP contribution in [0.15, 0.2) is 11.1 Å². The van der Waals surface area contributed by atoms with Crippen molar-refractivity contribution < 1.29 is 4.79 Å². The van der Waals surface area contributed by atoms with Gasteiger partial charge in [-0.05, 0) is 19.4 Å². The van der Waals surface area contributed by atoms with Crippen molar-refractivity contribution in [3.8, 4) is 0 Å². The van der Waals surface area contributed by atoms with Crippen molar-refractivity contribution in [2.24, 2.45) is 11.5 Å². The molecule has 0 aliphatic rings. The Morgan fingerprint density at radius 1 is 1.45 bits per heavy atom. The predicted octanol–water partition coefficient (Wildman–Crippen LogP) is -0.213. The summed E-state index contributed by atoms with van der Waals surface area (Å²) in [6.07, 6.45) is 0. The summed E-state index contributed by atoms with van der Waals surface area (Å²) >= 11 is 0. The highest BCUT2D eigenvalue weighted by Gasteiger charge is 2.07. The molecule has 0 saturated heterocycles. The molecular weight excluding hydrogens is 142 g/mol. The zero-order chi connectivity index (χ0) is 9.02. The molecule has 0 aliphatic carbocycles. The lowest BCUT2D eigenvalue weighted by Gasteiger charge is -2.04. The minimum atomic E-state index is -0.545. The zero-order valence-corrected chi connectivity index (χ0v) is 6.77. The van der Waals surface area contributed by atoms with Crippen molar-refractivity contribution in [2.45, 2.75) is 13.8 Å². The van der Waals surface area contributed by atoms with Crippen LogP contribution >= 0.6 is 0 Å². The fraction of sp³-hybridized carbons (Fsp3) is 0.429. The van der Waals surface area contributed by atoms with Gasteiger partial charge in [-0.1, -0.05) is 0 Å². The molecule has 11 heavy (non-hydrogen) atoms. The van der Waals surface area contributed by atoms with Gasteiger partial charge >= 0.3 is 0 Å². The average molecular weight is 155 g/mol. The van der Waals surface area contributed by atoms with E-state index in [9.17, 15) is 4.79 Å². The van der Waals surface area contributed by atoms with Crippen LogP contribution < -0.4 is 11.5 Å². The molecule has 0 aromatic carbocycles. The number of rotatable bonds is 3. The number of nitrogens with two attached hydrogens (primary N) is 2. The SMILES string of the molecule is CC(=N)/C(C)=C(/CN)C(N)=O. The number of carbonyl (C=O) groups is 1. The third-order valence-electron chi connectivity index (χ3n) is 1.52. The number of hydrogen-bond donors (Lipinski definition) is 3. The molecule has 62 valence electrons. The van der Waals surface area contributed by atoms with Crippen molar-refractivity contribution in [3.05, 3.63) is 11.1 Å². The molecule has 0 unspecified atom stereocenters. The quantitative estimate of drug-likeness (QED) is 0.388. The standard InChI is InChI=1S/C7H13N3O/c1-4(5(2)9)6(3-8)7(10)11/h9H,3,8H2,1-2H3,(H2,10,11)/b6-4-,9-5?. The first-order valence-electron chi connectivity index (χ1n) is 3.25. The van der Waals surface area contributed by atoms with Crippen molar-refractivity contribution in [1.82, 2.24) is 0 Å². The third kappa shape index (κ3) is 2.51. The van der Waals surface area contributed by atoms with Crippen LogP contribution in [0.4, 0.5) is 0 Å². The molecule has 0 radical (unpaired) electrons. The van der Waals surface area contributed by atoms with Gasteiger partial charge in [-0.3, -0.25) is 4.79 Å². The summed E-state index contributed by atoms with van der Waals surface area (Å²) in [4.78, 5) is 10.7. The third-order valence-corrected chi connectivity index (χ3v) is 1.52. The van der Waals surface area contributed by atoms with Crippen LogP contribution in [0.25, 0.3) is 0 Å². The van der Waals surface area contributed by atoms with Crippen LogP contribution in [0.1, 0.15) is 13.8 Å². The van der Waals surface area contributed by atoms with Crippen LogP contribution in [0.5, 0.6) is 0 Å². The van der Waals surface area contributed by atoms with E-state index < -0.39 is 5.91 Å². The molecule has 0 aromatic heterocycles. The van der Waals surface area contributed by atoms with Gasteiger partial charge in [-0.25, -0.2) is 0 Å². The van der Waals surface area contributed by atoms with E-state index in [1.165, 1.54) is 0 Å². The molecule has 4 nitrogen and oxygen atoms in total. The first-order chi connectivity index (χ1) is 5.00. The number of hydrogen-bond acceptors (Lipinski definition) is 3.